The number of carboxylic acids is 1. The minimum absolute atomic E-state index is 0.441. The number of tetrazole rings is 1. The van der Waals surface area contributed by atoms with E-state index < -0.39 is 11.5 Å². The van der Waals surface area contributed by atoms with Crippen molar-refractivity contribution in [3.8, 4) is 0 Å². The van der Waals surface area contributed by atoms with E-state index in [0.29, 0.717) is 18.8 Å². The van der Waals surface area contributed by atoms with Crippen LogP contribution in [-0.4, -0.2) is 48.3 Å². The second-order valence-corrected chi connectivity index (χ2v) is 4.65. The molecule has 0 amide bonds. The number of hydrogen-bond acceptors (Lipinski definition) is 5. The number of aromatic nitrogens is 4. The molecule has 0 radical (unpaired) electrons. The largest absolute Gasteiger partial charge is 0.480 e. The Hall–Kier alpha value is -1.50. The van der Waals surface area contributed by atoms with E-state index in [9.17, 15) is 9.90 Å². The Morgan fingerprint density at radius 1 is 1.53 bits per heavy atom. The van der Waals surface area contributed by atoms with Crippen LogP contribution in [-0.2, 0) is 18.4 Å². The normalized spacial score (nSPS) is 26.0. The molecular formula is C10H17N5O2. The first kappa shape index (κ1) is 12.0. The van der Waals surface area contributed by atoms with Crippen molar-refractivity contribution in [3.05, 3.63) is 5.82 Å². The van der Waals surface area contributed by atoms with Gasteiger partial charge in [-0.05, 0) is 37.9 Å². The van der Waals surface area contributed by atoms with Gasteiger partial charge in [-0.1, -0.05) is 0 Å². The van der Waals surface area contributed by atoms with Crippen LogP contribution in [0.3, 0.4) is 0 Å². The third-order valence-corrected chi connectivity index (χ3v) is 3.38. The van der Waals surface area contributed by atoms with Crippen LogP contribution < -0.4 is 0 Å². The summed E-state index contributed by atoms with van der Waals surface area (Å²) in [6.07, 6.45) is 2.64. The molecular weight excluding hydrogens is 222 g/mol. The number of likely N-dealkylation sites (tertiary alicyclic amines) is 1. The van der Waals surface area contributed by atoms with Gasteiger partial charge >= 0.3 is 5.97 Å². The van der Waals surface area contributed by atoms with E-state index >= 15 is 0 Å². The second kappa shape index (κ2) is 4.40. The van der Waals surface area contributed by atoms with E-state index in [2.05, 4.69) is 15.4 Å². The molecule has 94 valence electrons. The highest BCUT2D eigenvalue weighted by molar-refractivity contribution is 5.78. The number of hydrogen-bond donors (Lipinski definition) is 1. The molecule has 0 saturated carbocycles. The van der Waals surface area contributed by atoms with Crippen LogP contribution >= 0.6 is 0 Å². The average molecular weight is 239 g/mol. The number of carbonyl (C=O) groups is 1. The van der Waals surface area contributed by atoms with Crippen molar-refractivity contribution in [2.75, 3.05) is 6.54 Å². The SMILES string of the molecule is Cn1nnc(CN2CCCCC2(C)C(=O)O)n1. The average Bonchev–Trinajstić information content (AvgIpc) is 2.67. The first-order valence-corrected chi connectivity index (χ1v) is 5.74. The van der Waals surface area contributed by atoms with Crippen molar-refractivity contribution in [2.45, 2.75) is 38.3 Å². The van der Waals surface area contributed by atoms with Gasteiger partial charge in [-0.3, -0.25) is 9.69 Å². The predicted octanol–water partition coefficient (Wildman–Crippen LogP) is 0.0393. The van der Waals surface area contributed by atoms with E-state index in [0.717, 1.165) is 19.4 Å². The van der Waals surface area contributed by atoms with Crippen molar-refractivity contribution >= 4 is 5.97 Å². The third kappa shape index (κ3) is 2.28. The highest BCUT2D eigenvalue weighted by atomic mass is 16.4. The van der Waals surface area contributed by atoms with Gasteiger partial charge in [0.25, 0.3) is 0 Å². The number of rotatable bonds is 3. The van der Waals surface area contributed by atoms with E-state index in [4.69, 9.17) is 0 Å². The molecule has 1 aliphatic heterocycles. The molecule has 0 spiro atoms. The Kier molecular flexibility index (Phi) is 3.10. The lowest BCUT2D eigenvalue weighted by Crippen LogP contribution is -2.54. The maximum Gasteiger partial charge on any atom is 0.323 e. The minimum atomic E-state index is -0.808. The van der Waals surface area contributed by atoms with Crippen molar-refractivity contribution in [1.82, 2.24) is 25.1 Å². The molecule has 1 aromatic heterocycles. The Labute approximate surface area is 99.4 Å². The van der Waals surface area contributed by atoms with Gasteiger partial charge in [0.05, 0.1) is 13.6 Å². The van der Waals surface area contributed by atoms with Crippen LogP contribution in [0.5, 0.6) is 0 Å². The molecule has 2 rings (SSSR count). The summed E-state index contributed by atoms with van der Waals surface area (Å²) in [7, 11) is 1.70. The molecule has 17 heavy (non-hydrogen) atoms. The summed E-state index contributed by atoms with van der Waals surface area (Å²) in [6, 6.07) is 0. The Morgan fingerprint density at radius 3 is 2.88 bits per heavy atom. The molecule has 1 atom stereocenters. The van der Waals surface area contributed by atoms with Gasteiger partial charge < -0.3 is 5.11 Å². The van der Waals surface area contributed by atoms with Gasteiger partial charge in [0, 0.05) is 0 Å². The highest BCUT2D eigenvalue weighted by Crippen LogP contribution is 2.29. The number of aryl methyl sites for hydroxylation is 1. The summed E-state index contributed by atoms with van der Waals surface area (Å²) in [5, 5.41) is 21.1. The van der Waals surface area contributed by atoms with Crippen molar-refractivity contribution in [2.24, 2.45) is 7.05 Å². The summed E-state index contributed by atoms with van der Waals surface area (Å²) in [5.74, 6) is -0.206. The Bertz CT molecular complexity index is 419. The van der Waals surface area contributed by atoms with Crippen molar-refractivity contribution < 1.29 is 9.90 Å². The molecule has 7 heteroatoms. The quantitative estimate of drug-likeness (QED) is 0.801. The van der Waals surface area contributed by atoms with Crippen molar-refractivity contribution in [3.63, 3.8) is 0 Å². The molecule has 1 unspecified atom stereocenters. The zero-order chi connectivity index (χ0) is 12.5. The number of carboxylic acid groups (broad SMARTS) is 1. The first-order valence-electron chi connectivity index (χ1n) is 5.74. The molecule has 2 heterocycles. The zero-order valence-corrected chi connectivity index (χ0v) is 10.1. The van der Waals surface area contributed by atoms with E-state index in [1.807, 2.05) is 4.90 Å². The fourth-order valence-corrected chi connectivity index (χ4v) is 2.23. The van der Waals surface area contributed by atoms with E-state index in [1.54, 1.807) is 14.0 Å². The molecule has 7 nitrogen and oxygen atoms in total. The van der Waals surface area contributed by atoms with Crippen LogP contribution in [0.25, 0.3) is 0 Å². The standard InChI is InChI=1S/C10H17N5O2/c1-10(9(16)17)5-3-4-6-15(10)7-8-11-13-14(2)12-8/h3-7H2,1-2H3,(H,16,17). The summed E-state index contributed by atoms with van der Waals surface area (Å²) >= 11 is 0. The molecule has 0 bridgehead atoms. The number of aliphatic carboxylic acids is 1. The summed E-state index contributed by atoms with van der Waals surface area (Å²) in [5.41, 5.74) is -0.808. The van der Waals surface area contributed by atoms with Crippen LogP contribution in [0.1, 0.15) is 32.0 Å². The fraction of sp³-hybridized carbons (Fsp3) is 0.800. The number of piperidine rings is 1. The topological polar surface area (TPSA) is 84.1 Å². The molecule has 0 aromatic carbocycles. The van der Waals surface area contributed by atoms with Gasteiger partial charge in [-0.25, -0.2) is 0 Å². The van der Waals surface area contributed by atoms with Crippen LogP contribution in [0.2, 0.25) is 0 Å². The fourth-order valence-electron chi connectivity index (χ4n) is 2.23. The van der Waals surface area contributed by atoms with Gasteiger partial charge in [0.2, 0.25) is 0 Å². The Balaban J connectivity index is 2.14. The predicted molar refractivity (Wildman–Crippen MR) is 59.1 cm³/mol. The van der Waals surface area contributed by atoms with Crippen LogP contribution in [0, 0.1) is 0 Å². The zero-order valence-electron chi connectivity index (χ0n) is 10.1. The Morgan fingerprint density at radius 2 is 2.29 bits per heavy atom. The van der Waals surface area contributed by atoms with Gasteiger partial charge in [0.15, 0.2) is 5.82 Å². The van der Waals surface area contributed by atoms with Crippen LogP contribution in [0.4, 0.5) is 0 Å². The minimum Gasteiger partial charge on any atom is -0.480 e. The van der Waals surface area contributed by atoms with Crippen LogP contribution in [0.15, 0.2) is 0 Å². The summed E-state index contributed by atoms with van der Waals surface area (Å²) in [4.78, 5) is 14.7. The summed E-state index contributed by atoms with van der Waals surface area (Å²) < 4.78 is 0. The smallest absolute Gasteiger partial charge is 0.323 e. The summed E-state index contributed by atoms with van der Waals surface area (Å²) in [6.45, 7) is 2.97. The van der Waals surface area contributed by atoms with Gasteiger partial charge in [-0.2, -0.15) is 4.80 Å². The van der Waals surface area contributed by atoms with Gasteiger partial charge in [-0.15, -0.1) is 10.2 Å². The third-order valence-electron chi connectivity index (χ3n) is 3.38. The molecule has 1 fully saturated rings. The number of nitrogens with zero attached hydrogens (tertiary/aromatic N) is 5. The lowest BCUT2D eigenvalue weighted by molar-refractivity contribution is -0.153. The van der Waals surface area contributed by atoms with Crippen molar-refractivity contribution in [1.29, 1.82) is 0 Å². The second-order valence-electron chi connectivity index (χ2n) is 4.65. The lowest BCUT2D eigenvalue weighted by atomic mass is 9.88. The molecule has 1 aromatic rings. The highest BCUT2D eigenvalue weighted by Gasteiger charge is 2.41. The maximum absolute atomic E-state index is 11.4. The molecule has 1 aliphatic rings. The van der Waals surface area contributed by atoms with E-state index in [-0.39, 0.29) is 0 Å². The first-order chi connectivity index (χ1) is 8.02. The molecule has 0 aliphatic carbocycles. The molecule has 1 N–H and O–H groups in total. The lowest BCUT2D eigenvalue weighted by Gasteiger charge is -2.40. The van der Waals surface area contributed by atoms with Gasteiger partial charge in [0.1, 0.15) is 5.54 Å². The maximum atomic E-state index is 11.4. The molecule has 1 saturated heterocycles. The monoisotopic (exact) mass is 239 g/mol. The van der Waals surface area contributed by atoms with E-state index in [1.165, 1.54) is 4.80 Å².